The van der Waals surface area contributed by atoms with Crippen molar-refractivity contribution in [2.24, 2.45) is 5.92 Å². The van der Waals surface area contributed by atoms with Gasteiger partial charge in [-0.3, -0.25) is 19.7 Å². The average Bonchev–Trinajstić information content (AvgIpc) is 3.26. The third-order valence-corrected chi connectivity index (χ3v) is 5.43. The topological polar surface area (TPSA) is 92.6 Å². The van der Waals surface area contributed by atoms with E-state index in [1.807, 2.05) is 0 Å². The molecule has 0 aromatic heterocycles. The highest BCUT2D eigenvalue weighted by Crippen LogP contribution is 2.29. The maximum absolute atomic E-state index is 12.7. The molecule has 1 aromatic rings. The number of nitrogens with one attached hydrogen (secondary N) is 1. The number of nitro groups is 1. The zero-order chi connectivity index (χ0) is 17.3. The van der Waals surface area contributed by atoms with Gasteiger partial charge in [-0.25, -0.2) is 0 Å². The summed E-state index contributed by atoms with van der Waals surface area (Å²) in [5.41, 5.74) is -0.155. The van der Waals surface area contributed by atoms with Crippen LogP contribution in [0.4, 0.5) is 5.69 Å². The third kappa shape index (κ3) is 3.64. The molecule has 1 aliphatic heterocycles. The van der Waals surface area contributed by atoms with Crippen LogP contribution in [-0.4, -0.2) is 45.9 Å². The summed E-state index contributed by atoms with van der Waals surface area (Å²) in [7, 11) is 0. The molecule has 1 atom stereocenters. The third-order valence-electron chi connectivity index (χ3n) is 4.10. The van der Waals surface area contributed by atoms with Gasteiger partial charge in [0.15, 0.2) is 0 Å². The molecule has 24 heavy (non-hydrogen) atoms. The summed E-state index contributed by atoms with van der Waals surface area (Å²) in [6.45, 7) is 0.647. The number of amides is 2. The van der Waals surface area contributed by atoms with Crippen molar-refractivity contribution in [2.75, 3.05) is 18.2 Å². The maximum Gasteiger partial charge on any atom is 0.288 e. The predicted molar refractivity (Wildman–Crippen MR) is 91.1 cm³/mol. The smallest absolute Gasteiger partial charge is 0.288 e. The fourth-order valence-electron chi connectivity index (χ4n) is 2.50. The summed E-state index contributed by atoms with van der Waals surface area (Å²) in [4.78, 5) is 36.8. The second kappa shape index (κ2) is 6.98. The molecule has 0 bridgehead atoms. The van der Waals surface area contributed by atoms with Gasteiger partial charge in [0.1, 0.15) is 11.1 Å². The Labute approximate surface area is 147 Å². The molecule has 1 heterocycles. The summed E-state index contributed by atoms with van der Waals surface area (Å²) in [5.74, 6) is 0.912. The minimum Gasteiger partial charge on any atom is -0.354 e. The first-order valence-electron chi connectivity index (χ1n) is 7.57. The first-order chi connectivity index (χ1) is 11.5. The molecule has 1 N–H and O–H groups in total. The van der Waals surface area contributed by atoms with E-state index in [-0.39, 0.29) is 22.2 Å². The van der Waals surface area contributed by atoms with Crippen molar-refractivity contribution < 1.29 is 14.5 Å². The Balaban J connectivity index is 1.74. The second-order valence-electron chi connectivity index (χ2n) is 5.90. The van der Waals surface area contributed by atoms with Crippen molar-refractivity contribution in [1.82, 2.24) is 10.2 Å². The lowest BCUT2D eigenvalue weighted by atomic mass is 10.1. The molecule has 1 aliphatic carbocycles. The molecule has 2 fully saturated rings. The summed E-state index contributed by atoms with van der Waals surface area (Å²) < 4.78 is 0. The molecule has 1 unspecified atom stereocenters. The van der Waals surface area contributed by atoms with Gasteiger partial charge in [0.25, 0.3) is 11.6 Å². The number of nitro benzene ring substituents is 1. The second-order valence-corrected chi connectivity index (χ2v) is 7.31. The lowest BCUT2D eigenvalue weighted by Crippen LogP contribution is -2.47. The molecule has 0 radical (unpaired) electrons. The van der Waals surface area contributed by atoms with Crippen molar-refractivity contribution in [2.45, 2.75) is 18.9 Å². The zero-order valence-corrected chi connectivity index (χ0v) is 14.3. The Morgan fingerprint density at radius 1 is 1.42 bits per heavy atom. The van der Waals surface area contributed by atoms with Gasteiger partial charge in [-0.1, -0.05) is 11.6 Å². The lowest BCUT2D eigenvalue weighted by molar-refractivity contribution is -0.384. The number of thioether (sulfide) groups is 1. The molecule has 9 heteroatoms. The minimum absolute atomic E-state index is 0.0222. The van der Waals surface area contributed by atoms with Crippen molar-refractivity contribution in [3.8, 4) is 0 Å². The highest BCUT2D eigenvalue weighted by Gasteiger charge is 2.36. The molecule has 1 saturated carbocycles. The van der Waals surface area contributed by atoms with Crippen LogP contribution < -0.4 is 5.32 Å². The number of halogens is 1. The Kier molecular flexibility index (Phi) is 4.96. The monoisotopic (exact) mass is 369 g/mol. The van der Waals surface area contributed by atoms with Crippen LogP contribution >= 0.6 is 23.4 Å². The van der Waals surface area contributed by atoms with Gasteiger partial charge in [-0.2, -0.15) is 0 Å². The standard InChI is InChI=1S/C15H16ClN3O4S/c16-11-4-3-10(5-12(11)19(22)23)15(21)18-8-24-7-13(18)14(20)17-6-9-1-2-9/h3-5,9,13H,1-2,6-8H2,(H,17,20). The molecule has 0 spiro atoms. The van der Waals surface area contributed by atoms with Crippen LogP contribution in [0, 0.1) is 16.0 Å². The fraction of sp³-hybridized carbons (Fsp3) is 0.467. The van der Waals surface area contributed by atoms with Gasteiger partial charge < -0.3 is 10.2 Å². The van der Waals surface area contributed by atoms with E-state index in [0.29, 0.717) is 24.1 Å². The highest BCUT2D eigenvalue weighted by atomic mass is 35.5. The number of nitrogens with zero attached hydrogens (tertiary/aromatic N) is 2. The van der Waals surface area contributed by atoms with E-state index in [9.17, 15) is 19.7 Å². The summed E-state index contributed by atoms with van der Waals surface area (Å²) in [5, 5.41) is 13.8. The van der Waals surface area contributed by atoms with Crippen molar-refractivity contribution >= 4 is 40.9 Å². The molecule has 3 rings (SSSR count). The van der Waals surface area contributed by atoms with E-state index in [0.717, 1.165) is 18.9 Å². The predicted octanol–water partition coefficient (Wildman–Crippen LogP) is 2.29. The Morgan fingerprint density at radius 2 is 2.17 bits per heavy atom. The molecule has 1 aromatic carbocycles. The molecule has 2 amide bonds. The molecular weight excluding hydrogens is 354 g/mol. The number of hydrogen-bond donors (Lipinski definition) is 1. The van der Waals surface area contributed by atoms with Gasteiger partial charge in [-0.15, -0.1) is 11.8 Å². The first-order valence-corrected chi connectivity index (χ1v) is 9.11. The first kappa shape index (κ1) is 17.0. The van der Waals surface area contributed by atoms with Crippen molar-refractivity contribution in [1.29, 1.82) is 0 Å². The van der Waals surface area contributed by atoms with Crippen LogP contribution in [0.5, 0.6) is 0 Å². The van der Waals surface area contributed by atoms with Crippen molar-refractivity contribution in [3.05, 3.63) is 38.9 Å². The Morgan fingerprint density at radius 3 is 2.83 bits per heavy atom. The number of benzene rings is 1. The van der Waals surface area contributed by atoms with Gasteiger partial charge in [0, 0.05) is 23.9 Å². The van der Waals surface area contributed by atoms with Crippen molar-refractivity contribution in [3.63, 3.8) is 0 Å². The van der Waals surface area contributed by atoms with Crippen LogP contribution in [0.3, 0.4) is 0 Å². The van der Waals surface area contributed by atoms with E-state index in [1.54, 1.807) is 0 Å². The Bertz CT molecular complexity index is 695. The SMILES string of the molecule is O=C(NCC1CC1)C1CSCN1C(=O)c1ccc(Cl)c([N+](=O)[O-])c1. The number of rotatable bonds is 5. The molecule has 2 aliphatic rings. The number of carbonyl (C=O) groups excluding carboxylic acids is 2. The summed E-state index contributed by atoms with van der Waals surface area (Å²) in [6.07, 6.45) is 2.27. The number of hydrogen-bond acceptors (Lipinski definition) is 5. The van der Waals surface area contributed by atoms with E-state index in [4.69, 9.17) is 11.6 Å². The van der Waals surface area contributed by atoms with E-state index >= 15 is 0 Å². The van der Waals surface area contributed by atoms with Crippen LogP contribution in [0.25, 0.3) is 0 Å². The quantitative estimate of drug-likeness (QED) is 0.635. The fourth-order valence-corrected chi connectivity index (χ4v) is 3.84. The number of carbonyl (C=O) groups is 2. The van der Waals surface area contributed by atoms with Gasteiger partial charge in [0.05, 0.1) is 10.8 Å². The maximum atomic E-state index is 12.7. The van der Waals surface area contributed by atoms with Gasteiger partial charge in [-0.05, 0) is 30.9 Å². The summed E-state index contributed by atoms with van der Waals surface area (Å²) in [6, 6.07) is 3.39. The van der Waals surface area contributed by atoms with Crippen LogP contribution in [0.2, 0.25) is 5.02 Å². The summed E-state index contributed by atoms with van der Waals surface area (Å²) >= 11 is 7.27. The van der Waals surface area contributed by atoms with Gasteiger partial charge in [0.2, 0.25) is 5.91 Å². The van der Waals surface area contributed by atoms with Crippen LogP contribution in [-0.2, 0) is 4.79 Å². The zero-order valence-electron chi connectivity index (χ0n) is 12.7. The average molecular weight is 370 g/mol. The van der Waals surface area contributed by atoms with Gasteiger partial charge >= 0.3 is 0 Å². The van der Waals surface area contributed by atoms with Crippen LogP contribution in [0.15, 0.2) is 18.2 Å². The van der Waals surface area contributed by atoms with E-state index in [1.165, 1.54) is 28.8 Å². The molecule has 1 saturated heterocycles. The van der Waals surface area contributed by atoms with E-state index in [2.05, 4.69) is 5.32 Å². The largest absolute Gasteiger partial charge is 0.354 e. The molecule has 128 valence electrons. The van der Waals surface area contributed by atoms with E-state index < -0.39 is 16.9 Å². The molecular formula is C15H16ClN3O4S. The normalized spacial score (nSPS) is 20.0. The van der Waals surface area contributed by atoms with Crippen LogP contribution in [0.1, 0.15) is 23.2 Å². The highest BCUT2D eigenvalue weighted by molar-refractivity contribution is 7.99. The Hall–Kier alpha value is -1.80. The lowest BCUT2D eigenvalue weighted by Gasteiger charge is -2.23. The minimum atomic E-state index is -0.627. The molecule has 7 nitrogen and oxygen atoms in total.